The van der Waals surface area contributed by atoms with Gasteiger partial charge in [0.25, 0.3) is 0 Å². The summed E-state index contributed by atoms with van der Waals surface area (Å²) >= 11 is 0. The Hall–Kier alpha value is -1.59. The highest BCUT2D eigenvalue weighted by Gasteiger charge is 2.19. The smallest absolute Gasteiger partial charge is 0.306 e. The molecule has 69 heavy (non-hydrogen) atoms. The highest BCUT2D eigenvalue weighted by atomic mass is 16.6. The van der Waals surface area contributed by atoms with E-state index in [0.717, 1.165) is 69.6 Å². The van der Waals surface area contributed by atoms with Gasteiger partial charge in [0.15, 0.2) is 6.10 Å². The molecule has 0 saturated carbocycles. The Kier molecular flexibility index (Phi) is 54.4. The standard InChI is InChI=1S/C63H122O6/c1-6-7-8-9-10-11-12-13-14-15-16-17-20-24-29-35-40-45-50-55-63(66)69-60(57-68-62(65)54-49-44-39-34-30-25-27-32-37-42-47-52-59(4)5)56-67-61(64)53-48-43-38-33-28-23-21-18-19-22-26-31-36-41-46-51-58(2)3/h58-60H,6-57H2,1-5H3/t60-/m1/s1. The molecule has 6 nitrogen and oxygen atoms in total. The monoisotopic (exact) mass is 975 g/mol. The summed E-state index contributed by atoms with van der Waals surface area (Å²) in [4.78, 5) is 38.3. The Morgan fingerprint density at radius 2 is 0.478 bits per heavy atom. The molecule has 1 atom stereocenters. The number of hydrogen-bond donors (Lipinski definition) is 0. The molecule has 0 saturated heterocycles. The summed E-state index contributed by atoms with van der Waals surface area (Å²) in [6, 6.07) is 0. The summed E-state index contributed by atoms with van der Waals surface area (Å²) in [5, 5.41) is 0. The first kappa shape index (κ1) is 67.4. The molecule has 0 N–H and O–H groups in total. The molecule has 0 amide bonds. The fourth-order valence-corrected chi connectivity index (χ4v) is 9.76. The van der Waals surface area contributed by atoms with Gasteiger partial charge in [-0.1, -0.05) is 317 Å². The minimum absolute atomic E-state index is 0.0622. The Morgan fingerprint density at radius 1 is 0.275 bits per heavy atom. The summed E-state index contributed by atoms with van der Waals surface area (Å²) in [6.45, 7) is 11.4. The van der Waals surface area contributed by atoms with Crippen molar-refractivity contribution in [3.63, 3.8) is 0 Å². The second kappa shape index (κ2) is 55.7. The molecule has 0 aliphatic carbocycles. The van der Waals surface area contributed by atoms with Crippen molar-refractivity contribution in [2.75, 3.05) is 13.2 Å². The lowest BCUT2D eigenvalue weighted by molar-refractivity contribution is -0.167. The van der Waals surface area contributed by atoms with Crippen molar-refractivity contribution in [2.45, 2.75) is 362 Å². The maximum absolute atomic E-state index is 12.9. The first-order valence-electron chi connectivity index (χ1n) is 31.2. The lowest BCUT2D eigenvalue weighted by atomic mass is 10.0. The van der Waals surface area contributed by atoms with E-state index in [1.807, 2.05) is 0 Å². The second-order valence-corrected chi connectivity index (χ2v) is 22.6. The van der Waals surface area contributed by atoms with E-state index < -0.39 is 6.10 Å². The number of carbonyl (C=O) groups excluding carboxylic acids is 3. The molecule has 0 fully saturated rings. The van der Waals surface area contributed by atoms with Gasteiger partial charge in [-0.05, 0) is 31.1 Å². The van der Waals surface area contributed by atoms with Crippen molar-refractivity contribution in [3.05, 3.63) is 0 Å². The van der Waals surface area contributed by atoms with E-state index in [1.165, 1.54) is 244 Å². The van der Waals surface area contributed by atoms with Crippen molar-refractivity contribution in [1.29, 1.82) is 0 Å². The Morgan fingerprint density at radius 3 is 0.710 bits per heavy atom. The zero-order chi connectivity index (χ0) is 50.4. The zero-order valence-corrected chi connectivity index (χ0v) is 47.5. The third-order valence-electron chi connectivity index (χ3n) is 14.5. The van der Waals surface area contributed by atoms with Crippen LogP contribution in [-0.2, 0) is 28.6 Å². The minimum Gasteiger partial charge on any atom is -0.462 e. The van der Waals surface area contributed by atoms with Crippen LogP contribution >= 0.6 is 0 Å². The van der Waals surface area contributed by atoms with Crippen LogP contribution in [0.4, 0.5) is 0 Å². The van der Waals surface area contributed by atoms with Crippen LogP contribution in [0.25, 0.3) is 0 Å². The highest BCUT2D eigenvalue weighted by Crippen LogP contribution is 2.19. The van der Waals surface area contributed by atoms with E-state index in [9.17, 15) is 14.4 Å². The molecule has 410 valence electrons. The first-order valence-corrected chi connectivity index (χ1v) is 31.2. The number of unbranched alkanes of at least 4 members (excludes halogenated alkanes) is 42. The molecular formula is C63H122O6. The third kappa shape index (κ3) is 57.2. The Bertz CT molecular complexity index is 1060. The van der Waals surface area contributed by atoms with E-state index in [1.54, 1.807) is 0 Å². The van der Waals surface area contributed by atoms with E-state index >= 15 is 0 Å². The van der Waals surface area contributed by atoms with E-state index in [2.05, 4.69) is 34.6 Å². The van der Waals surface area contributed by atoms with Crippen LogP contribution in [0, 0.1) is 11.8 Å². The molecule has 0 bridgehead atoms. The SMILES string of the molecule is CCCCCCCCCCCCCCCCCCCCCC(=O)O[C@H](COC(=O)CCCCCCCCCCCCCCCCCC(C)C)COC(=O)CCCCCCCCCCCCCC(C)C. The van der Waals surface area contributed by atoms with Crippen LogP contribution in [-0.4, -0.2) is 37.2 Å². The topological polar surface area (TPSA) is 78.9 Å². The predicted octanol–water partition coefficient (Wildman–Crippen LogP) is 20.8. The van der Waals surface area contributed by atoms with Crippen molar-refractivity contribution in [1.82, 2.24) is 0 Å². The predicted molar refractivity (Wildman–Crippen MR) is 298 cm³/mol. The van der Waals surface area contributed by atoms with Gasteiger partial charge in [0, 0.05) is 19.3 Å². The molecule has 0 aromatic rings. The fraction of sp³-hybridized carbons (Fsp3) is 0.952. The number of rotatable bonds is 57. The van der Waals surface area contributed by atoms with Crippen LogP contribution in [0.1, 0.15) is 356 Å². The van der Waals surface area contributed by atoms with Gasteiger partial charge in [-0.15, -0.1) is 0 Å². The van der Waals surface area contributed by atoms with Crippen LogP contribution in [0.15, 0.2) is 0 Å². The normalized spacial score (nSPS) is 12.0. The molecule has 0 aliphatic heterocycles. The van der Waals surface area contributed by atoms with Crippen LogP contribution in [0.3, 0.4) is 0 Å². The minimum atomic E-state index is -0.763. The van der Waals surface area contributed by atoms with E-state index in [0.29, 0.717) is 19.3 Å². The fourth-order valence-electron chi connectivity index (χ4n) is 9.76. The van der Waals surface area contributed by atoms with Crippen molar-refractivity contribution < 1.29 is 28.6 Å². The summed E-state index contributed by atoms with van der Waals surface area (Å²) in [6.07, 6.45) is 61.0. The molecule has 0 spiro atoms. The molecule has 0 heterocycles. The van der Waals surface area contributed by atoms with Crippen molar-refractivity contribution >= 4 is 17.9 Å². The van der Waals surface area contributed by atoms with E-state index in [-0.39, 0.29) is 31.1 Å². The highest BCUT2D eigenvalue weighted by molar-refractivity contribution is 5.71. The van der Waals surface area contributed by atoms with Gasteiger partial charge >= 0.3 is 17.9 Å². The van der Waals surface area contributed by atoms with Gasteiger partial charge in [-0.3, -0.25) is 14.4 Å². The van der Waals surface area contributed by atoms with Gasteiger partial charge in [0.05, 0.1) is 0 Å². The summed E-state index contributed by atoms with van der Waals surface area (Å²) in [5.74, 6) is 0.842. The van der Waals surface area contributed by atoms with E-state index in [4.69, 9.17) is 14.2 Å². The lowest BCUT2D eigenvalue weighted by Crippen LogP contribution is -2.30. The molecular weight excluding hydrogens is 853 g/mol. The molecule has 6 heteroatoms. The number of carbonyl (C=O) groups is 3. The molecule has 0 aromatic heterocycles. The van der Waals surface area contributed by atoms with Crippen LogP contribution in [0.5, 0.6) is 0 Å². The molecule has 0 aromatic carbocycles. The third-order valence-corrected chi connectivity index (χ3v) is 14.5. The Balaban J connectivity index is 4.28. The summed E-state index contributed by atoms with van der Waals surface area (Å²) < 4.78 is 16.9. The second-order valence-electron chi connectivity index (χ2n) is 22.6. The zero-order valence-electron chi connectivity index (χ0n) is 47.5. The molecule has 0 aliphatic rings. The van der Waals surface area contributed by atoms with Crippen LogP contribution in [0.2, 0.25) is 0 Å². The van der Waals surface area contributed by atoms with Crippen molar-refractivity contribution in [3.8, 4) is 0 Å². The van der Waals surface area contributed by atoms with Gasteiger partial charge in [0.2, 0.25) is 0 Å². The number of esters is 3. The number of ether oxygens (including phenoxy) is 3. The average molecular weight is 976 g/mol. The maximum atomic E-state index is 12.9. The summed E-state index contributed by atoms with van der Waals surface area (Å²) in [7, 11) is 0. The largest absolute Gasteiger partial charge is 0.462 e. The van der Waals surface area contributed by atoms with Gasteiger partial charge in [-0.25, -0.2) is 0 Å². The molecule has 0 unspecified atom stereocenters. The molecule has 0 radical (unpaired) electrons. The van der Waals surface area contributed by atoms with Gasteiger partial charge < -0.3 is 14.2 Å². The Labute approximate surface area is 431 Å². The maximum Gasteiger partial charge on any atom is 0.306 e. The summed E-state index contributed by atoms with van der Waals surface area (Å²) in [5.41, 5.74) is 0. The lowest BCUT2D eigenvalue weighted by Gasteiger charge is -2.18. The van der Waals surface area contributed by atoms with Gasteiger partial charge in [-0.2, -0.15) is 0 Å². The van der Waals surface area contributed by atoms with Crippen LogP contribution < -0.4 is 0 Å². The molecule has 0 rings (SSSR count). The van der Waals surface area contributed by atoms with Gasteiger partial charge in [0.1, 0.15) is 13.2 Å². The number of hydrogen-bond acceptors (Lipinski definition) is 6. The quantitative estimate of drug-likeness (QED) is 0.0343. The van der Waals surface area contributed by atoms with Crippen molar-refractivity contribution in [2.24, 2.45) is 11.8 Å². The first-order chi connectivity index (χ1) is 33.7. The average Bonchev–Trinajstić information content (AvgIpc) is 3.32.